The summed E-state index contributed by atoms with van der Waals surface area (Å²) in [5.41, 5.74) is 15.1. The van der Waals surface area contributed by atoms with Gasteiger partial charge in [-0.25, -0.2) is 23.4 Å². The van der Waals surface area contributed by atoms with Crippen LogP contribution in [-0.4, -0.2) is 118 Å². The summed E-state index contributed by atoms with van der Waals surface area (Å²) in [5, 5.41) is 35.9. The van der Waals surface area contributed by atoms with E-state index in [0.717, 1.165) is 0 Å². The van der Waals surface area contributed by atoms with E-state index in [1.807, 2.05) is 9.44 Å². The summed E-state index contributed by atoms with van der Waals surface area (Å²) in [5.74, 6) is -8.00. The van der Waals surface area contributed by atoms with Gasteiger partial charge in [-0.3, -0.25) is 19.2 Å². The summed E-state index contributed by atoms with van der Waals surface area (Å²) in [7, 11) is -9.39. The maximum atomic E-state index is 13.6. The molecule has 68 heavy (non-hydrogen) atoms. The molecule has 0 fully saturated rings. The molecule has 0 saturated heterocycles. The van der Waals surface area contributed by atoms with Crippen LogP contribution in [0, 0.1) is 0 Å². The Bertz CT molecular complexity index is 2420. The Balaban J connectivity index is 1.34. The molecule has 4 aromatic rings. The van der Waals surface area contributed by atoms with E-state index in [1.165, 1.54) is 97.1 Å². The molecule has 0 radical (unpaired) electrons. The first-order chi connectivity index (χ1) is 32.1. The van der Waals surface area contributed by atoms with Gasteiger partial charge in [0.15, 0.2) is 0 Å². The number of benzene rings is 4. The van der Waals surface area contributed by atoms with Crippen LogP contribution in [0.5, 0.6) is 11.5 Å². The molecule has 0 aliphatic heterocycles. The molecule has 4 rings (SSSR count). The molecule has 0 aromatic heterocycles. The molecule has 24 nitrogen and oxygen atoms in total. The molecule has 4 aromatic carbocycles. The Kier molecular flexibility index (Phi) is 19.7. The monoisotopic (exact) mass is 988 g/mol. The van der Waals surface area contributed by atoms with Gasteiger partial charge in [-0.05, 0) is 103 Å². The van der Waals surface area contributed by atoms with Crippen molar-refractivity contribution in [2.45, 2.75) is 43.0 Å². The van der Waals surface area contributed by atoms with Gasteiger partial charge in [0.05, 0.1) is 49.5 Å². The Morgan fingerprint density at radius 2 is 1.01 bits per heavy atom. The number of carbonyl (C=O) groups excluding carboxylic acids is 2. The number of nitrogens with two attached hydrogens (primary N) is 2. The number of carbonyl (C=O) groups is 6. The SMILES string of the molecule is Nc1ccc(C(=O)Oc2ccc(C(CCCOCCOCCNN(c3ccc(OC(=O)c4ccc(N)cc4)cc3)S(=O)(=O)N[C@@H](CC(=O)O)C(=O)O)S(=O)(=O)N[C@@H](CC(=O)O)C(=O)O)cc2)cc1. The molecule has 0 heterocycles. The highest BCUT2D eigenvalue weighted by Gasteiger charge is 2.34. The maximum absolute atomic E-state index is 13.6. The summed E-state index contributed by atoms with van der Waals surface area (Å²) < 4.78 is 80.1. The van der Waals surface area contributed by atoms with Crippen molar-refractivity contribution in [1.82, 2.24) is 14.9 Å². The van der Waals surface area contributed by atoms with E-state index >= 15 is 0 Å². The van der Waals surface area contributed by atoms with Gasteiger partial charge in [-0.15, -0.1) is 0 Å². The van der Waals surface area contributed by atoms with E-state index in [0.29, 0.717) is 15.8 Å². The van der Waals surface area contributed by atoms with Crippen LogP contribution in [0.1, 0.15) is 57.2 Å². The minimum absolute atomic E-state index is 0.0135. The van der Waals surface area contributed by atoms with Crippen molar-refractivity contribution >= 4 is 73.1 Å². The molecule has 3 atom stereocenters. The van der Waals surface area contributed by atoms with Gasteiger partial charge >= 0.3 is 46.0 Å². The van der Waals surface area contributed by atoms with Gasteiger partial charge in [0.25, 0.3) is 0 Å². The Morgan fingerprint density at radius 3 is 1.47 bits per heavy atom. The molecule has 0 aliphatic rings. The van der Waals surface area contributed by atoms with Crippen LogP contribution in [0.15, 0.2) is 97.1 Å². The van der Waals surface area contributed by atoms with Crippen molar-refractivity contribution in [2.75, 3.05) is 48.9 Å². The molecular weight excluding hydrogens is 941 g/mol. The Morgan fingerprint density at radius 1 is 0.574 bits per heavy atom. The van der Waals surface area contributed by atoms with Crippen molar-refractivity contribution < 1.29 is 85.0 Å². The second kappa shape index (κ2) is 25.1. The number of hydrogen-bond acceptors (Lipinski definition) is 17. The largest absolute Gasteiger partial charge is 0.481 e. The zero-order valence-corrected chi connectivity index (χ0v) is 37.4. The van der Waals surface area contributed by atoms with Crippen molar-refractivity contribution in [2.24, 2.45) is 0 Å². The molecule has 0 bridgehead atoms. The molecule has 26 heteroatoms. The average molecular weight is 989 g/mol. The van der Waals surface area contributed by atoms with Crippen LogP contribution in [-0.2, 0) is 48.9 Å². The predicted octanol–water partition coefficient (Wildman–Crippen LogP) is 1.76. The van der Waals surface area contributed by atoms with Gasteiger partial charge in [-0.2, -0.15) is 22.3 Å². The highest BCUT2D eigenvalue weighted by atomic mass is 32.2. The first-order valence-corrected chi connectivity index (χ1v) is 23.1. The number of sulfonamides is 1. The number of esters is 2. The first-order valence-electron chi connectivity index (χ1n) is 20.1. The lowest BCUT2D eigenvalue weighted by Crippen LogP contribution is -2.54. The van der Waals surface area contributed by atoms with Gasteiger partial charge in [-0.1, -0.05) is 12.1 Å². The summed E-state index contributed by atoms with van der Waals surface area (Å²) in [6, 6.07) is 18.1. The van der Waals surface area contributed by atoms with E-state index in [1.54, 1.807) is 0 Å². The summed E-state index contributed by atoms with van der Waals surface area (Å²) in [6.45, 7) is -0.527. The van der Waals surface area contributed by atoms with Gasteiger partial charge in [0.1, 0.15) is 28.8 Å². The maximum Gasteiger partial charge on any atom is 0.343 e. The van der Waals surface area contributed by atoms with Crippen LogP contribution in [0.25, 0.3) is 0 Å². The second-order valence-corrected chi connectivity index (χ2v) is 17.8. The molecule has 0 spiro atoms. The lowest BCUT2D eigenvalue weighted by atomic mass is 10.1. The second-order valence-electron chi connectivity index (χ2n) is 14.4. The lowest BCUT2D eigenvalue weighted by molar-refractivity contribution is -0.145. The zero-order valence-electron chi connectivity index (χ0n) is 35.8. The Hall–Kier alpha value is -7.20. The van der Waals surface area contributed by atoms with Crippen molar-refractivity contribution in [3.05, 3.63) is 114 Å². The van der Waals surface area contributed by atoms with Crippen LogP contribution < -0.4 is 40.2 Å². The van der Waals surface area contributed by atoms with E-state index in [-0.39, 0.29) is 79.7 Å². The normalized spacial score (nSPS) is 12.8. The third-order valence-corrected chi connectivity index (χ3v) is 12.5. The van der Waals surface area contributed by atoms with Gasteiger partial charge < -0.3 is 50.8 Å². The van der Waals surface area contributed by atoms with E-state index in [9.17, 15) is 55.8 Å². The molecule has 0 aliphatic carbocycles. The fourth-order valence-corrected chi connectivity index (χ4v) is 8.97. The fraction of sp³-hybridized carbons (Fsp3) is 0.286. The van der Waals surface area contributed by atoms with E-state index in [4.69, 9.17) is 40.6 Å². The average Bonchev–Trinajstić information content (AvgIpc) is 3.27. The number of hydrogen-bond donors (Lipinski definition) is 9. The van der Waals surface area contributed by atoms with Crippen molar-refractivity contribution in [3.8, 4) is 11.5 Å². The van der Waals surface area contributed by atoms with Crippen LogP contribution in [0.4, 0.5) is 17.1 Å². The smallest absolute Gasteiger partial charge is 0.343 e. The number of nitrogens with one attached hydrogen (secondary N) is 3. The number of rotatable bonds is 29. The topological polar surface area (TPSA) is 380 Å². The zero-order chi connectivity index (χ0) is 50.0. The Labute approximate surface area is 388 Å². The van der Waals surface area contributed by atoms with Gasteiger partial charge in [0, 0.05) is 24.5 Å². The number of hydrazine groups is 1. The lowest BCUT2D eigenvalue weighted by Gasteiger charge is -2.26. The standard InChI is InChI=1S/C42H48N6O18S2/c43-29-9-3-27(4-10-29)41(57)65-32-15-7-26(8-16-32)36(67(59,60)46-34(39(53)54)24-37(49)50)2-1-20-63-22-23-64-21-19-45-48(68(61,62)47-35(40(55)56)25-38(51)52)31-13-17-33(18-14-31)66-42(58)28-5-11-30(44)12-6-28/h3-18,34-36,45-47H,1-2,19-25,43-44H2,(H,49,50)(H,51,52)(H,53,54)(H,55,56)/t34-,35-,36?/m0/s1. The highest BCUT2D eigenvalue weighted by Crippen LogP contribution is 2.30. The quantitative estimate of drug-likeness (QED) is 0.0123. The number of ether oxygens (including phenoxy) is 4. The number of aliphatic carboxylic acids is 4. The minimum Gasteiger partial charge on any atom is -0.481 e. The van der Waals surface area contributed by atoms with Crippen LogP contribution >= 0.6 is 0 Å². The molecule has 11 N–H and O–H groups in total. The third-order valence-electron chi connectivity index (χ3n) is 9.23. The minimum atomic E-state index is -4.83. The summed E-state index contributed by atoms with van der Waals surface area (Å²) in [6.07, 6.45) is -2.20. The van der Waals surface area contributed by atoms with E-state index in [2.05, 4.69) is 5.43 Å². The molecule has 0 amide bonds. The summed E-state index contributed by atoms with van der Waals surface area (Å²) >= 11 is 0. The number of anilines is 3. The van der Waals surface area contributed by atoms with Gasteiger partial charge in [0.2, 0.25) is 10.0 Å². The third kappa shape index (κ3) is 16.9. The molecule has 366 valence electrons. The first kappa shape index (κ1) is 53.4. The number of nitrogen functional groups attached to an aromatic ring is 2. The number of carboxylic acid groups (broad SMARTS) is 4. The number of carboxylic acids is 4. The summed E-state index contributed by atoms with van der Waals surface area (Å²) in [4.78, 5) is 71.1. The van der Waals surface area contributed by atoms with Crippen LogP contribution in [0.3, 0.4) is 0 Å². The molecule has 1 unspecified atom stereocenters. The fourth-order valence-electron chi connectivity index (χ4n) is 5.92. The molecule has 0 saturated carbocycles. The van der Waals surface area contributed by atoms with Crippen molar-refractivity contribution in [3.63, 3.8) is 0 Å². The number of nitrogens with zero attached hydrogens (tertiary/aromatic N) is 1. The van der Waals surface area contributed by atoms with Crippen molar-refractivity contribution in [1.29, 1.82) is 0 Å². The van der Waals surface area contributed by atoms with E-state index < -0.39 is 86.2 Å². The molecular formula is C42H48N6O18S2. The van der Waals surface area contributed by atoms with Crippen LogP contribution in [0.2, 0.25) is 0 Å². The predicted molar refractivity (Wildman–Crippen MR) is 240 cm³/mol. The highest BCUT2D eigenvalue weighted by molar-refractivity contribution is 7.90.